The average molecular weight is 416 g/mol. The summed E-state index contributed by atoms with van der Waals surface area (Å²) in [5, 5.41) is 0. The van der Waals surface area contributed by atoms with Crippen molar-refractivity contribution in [3.05, 3.63) is 101 Å². The number of hydrogen-bond acceptors (Lipinski definition) is 2. The van der Waals surface area contributed by atoms with Crippen molar-refractivity contribution >= 4 is 10.0 Å². The predicted octanol–water partition coefficient (Wildman–Crippen LogP) is 6.29. The molecule has 152 valence electrons. The first kappa shape index (κ1) is 20.2. The molecule has 4 heteroatoms. The largest absolute Gasteiger partial charge is 0.268 e. The van der Waals surface area contributed by atoms with Gasteiger partial charge in [-0.1, -0.05) is 65.7 Å². The van der Waals surface area contributed by atoms with Gasteiger partial charge in [-0.2, -0.15) is 0 Å². The molecule has 0 spiro atoms. The van der Waals surface area contributed by atoms with Gasteiger partial charge in [0.15, 0.2) is 0 Å². The number of nitrogens with zero attached hydrogens (tertiary/aromatic N) is 1. The second-order valence-electron chi connectivity index (χ2n) is 7.84. The fraction of sp³-hybridized carbons (Fsp3) is 0.154. The Bertz CT molecular complexity index is 1310. The van der Waals surface area contributed by atoms with Crippen LogP contribution in [0.4, 0.5) is 0 Å². The third-order valence-electron chi connectivity index (χ3n) is 5.63. The number of aromatic nitrogens is 1. The van der Waals surface area contributed by atoms with Crippen LogP contribution >= 0.6 is 0 Å². The van der Waals surface area contributed by atoms with Gasteiger partial charge in [-0.15, -0.1) is 0 Å². The SMILES string of the molecule is Cc1ccc(-c2cc(-c3cccc(C)c3C)n(S(=O)(=O)c3ccc(C)cc3)c2)cc1. The lowest BCUT2D eigenvalue weighted by Gasteiger charge is -2.13. The quantitative estimate of drug-likeness (QED) is 0.393. The molecular formula is C26H25NO2S. The van der Waals surface area contributed by atoms with Gasteiger partial charge in [0.2, 0.25) is 0 Å². The Morgan fingerprint density at radius 1 is 0.700 bits per heavy atom. The first-order valence-corrected chi connectivity index (χ1v) is 11.4. The van der Waals surface area contributed by atoms with E-state index in [0.29, 0.717) is 5.69 Å². The van der Waals surface area contributed by atoms with Crippen LogP contribution in [-0.4, -0.2) is 12.4 Å². The van der Waals surface area contributed by atoms with Crippen molar-refractivity contribution in [2.24, 2.45) is 0 Å². The zero-order valence-corrected chi connectivity index (χ0v) is 18.5. The standard InChI is InChI=1S/C26H25NO2S/c1-18-8-12-22(13-9-18)23-16-26(25-7-5-6-20(3)21(25)4)27(17-23)30(28,29)24-14-10-19(2)11-15-24/h5-17H,1-4H3. The van der Waals surface area contributed by atoms with Gasteiger partial charge < -0.3 is 0 Å². The van der Waals surface area contributed by atoms with Crippen LogP contribution < -0.4 is 0 Å². The van der Waals surface area contributed by atoms with Crippen LogP contribution in [0.15, 0.2) is 83.9 Å². The zero-order chi connectivity index (χ0) is 21.5. The average Bonchev–Trinajstić information content (AvgIpc) is 3.17. The minimum absolute atomic E-state index is 0.283. The highest BCUT2D eigenvalue weighted by atomic mass is 32.2. The molecule has 4 rings (SSSR count). The van der Waals surface area contributed by atoms with E-state index in [1.165, 1.54) is 9.54 Å². The molecule has 0 saturated carbocycles. The Labute approximate surface area is 178 Å². The zero-order valence-electron chi connectivity index (χ0n) is 17.7. The summed E-state index contributed by atoms with van der Waals surface area (Å²) in [7, 11) is -3.74. The van der Waals surface area contributed by atoms with E-state index < -0.39 is 10.0 Å². The summed E-state index contributed by atoms with van der Waals surface area (Å²) in [6, 6.07) is 23.1. The Balaban J connectivity index is 1.97. The van der Waals surface area contributed by atoms with Gasteiger partial charge in [-0.3, -0.25) is 0 Å². The minimum Gasteiger partial charge on any atom is -0.241 e. The Morgan fingerprint density at radius 3 is 1.93 bits per heavy atom. The maximum atomic E-state index is 13.6. The Kier molecular flexibility index (Phi) is 5.12. The van der Waals surface area contributed by atoms with Crippen molar-refractivity contribution in [2.75, 3.05) is 0 Å². The molecule has 0 unspecified atom stereocenters. The maximum Gasteiger partial charge on any atom is 0.268 e. The monoisotopic (exact) mass is 415 g/mol. The van der Waals surface area contributed by atoms with E-state index >= 15 is 0 Å². The van der Waals surface area contributed by atoms with E-state index in [1.54, 1.807) is 18.3 Å². The van der Waals surface area contributed by atoms with E-state index in [0.717, 1.165) is 33.4 Å². The summed E-state index contributed by atoms with van der Waals surface area (Å²) in [5.41, 5.74) is 7.86. The van der Waals surface area contributed by atoms with Crippen LogP contribution in [0.25, 0.3) is 22.4 Å². The van der Waals surface area contributed by atoms with Gasteiger partial charge in [-0.05, 0) is 62.6 Å². The molecule has 0 aliphatic rings. The Hall–Kier alpha value is -3.11. The van der Waals surface area contributed by atoms with Crippen molar-refractivity contribution in [1.29, 1.82) is 0 Å². The third-order valence-corrected chi connectivity index (χ3v) is 7.32. The first-order valence-electron chi connectivity index (χ1n) is 9.95. The van der Waals surface area contributed by atoms with Gasteiger partial charge in [0.05, 0.1) is 10.6 Å². The van der Waals surface area contributed by atoms with Crippen LogP contribution in [0.1, 0.15) is 22.3 Å². The molecule has 0 aliphatic heterocycles. The summed E-state index contributed by atoms with van der Waals surface area (Å²) in [5.74, 6) is 0. The van der Waals surface area contributed by atoms with Crippen LogP contribution in [0.5, 0.6) is 0 Å². The summed E-state index contributed by atoms with van der Waals surface area (Å²) >= 11 is 0. The lowest BCUT2D eigenvalue weighted by Crippen LogP contribution is -2.13. The maximum absolute atomic E-state index is 13.6. The van der Waals surface area contributed by atoms with Crippen molar-refractivity contribution in [3.63, 3.8) is 0 Å². The molecule has 0 N–H and O–H groups in total. The highest BCUT2D eigenvalue weighted by molar-refractivity contribution is 7.90. The van der Waals surface area contributed by atoms with Crippen molar-refractivity contribution < 1.29 is 8.42 Å². The molecule has 0 fully saturated rings. The van der Waals surface area contributed by atoms with E-state index in [1.807, 2.05) is 88.4 Å². The molecule has 0 saturated heterocycles. The van der Waals surface area contributed by atoms with Crippen molar-refractivity contribution in [2.45, 2.75) is 32.6 Å². The number of rotatable bonds is 4. The van der Waals surface area contributed by atoms with E-state index in [-0.39, 0.29) is 4.90 Å². The molecule has 1 heterocycles. The Morgan fingerprint density at radius 2 is 1.30 bits per heavy atom. The van der Waals surface area contributed by atoms with Crippen molar-refractivity contribution in [3.8, 4) is 22.4 Å². The topological polar surface area (TPSA) is 39.1 Å². The fourth-order valence-electron chi connectivity index (χ4n) is 3.60. The van der Waals surface area contributed by atoms with Gasteiger partial charge in [-0.25, -0.2) is 12.4 Å². The molecule has 0 radical (unpaired) electrons. The van der Waals surface area contributed by atoms with Crippen LogP contribution in [-0.2, 0) is 10.0 Å². The number of benzene rings is 3. The van der Waals surface area contributed by atoms with Crippen LogP contribution in [0, 0.1) is 27.7 Å². The van der Waals surface area contributed by atoms with Crippen LogP contribution in [0.3, 0.4) is 0 Å². The molecule has 4 aromatic rings. The highest BCUT2D eigenvalue weighted by Crippen LogP contribution is 2.34. The normalized spacial score (nSPS) is 11.6. The predicted molar refractivity (Wildman–Crippen MR) is 123 cm³/mol. The van der Waals surface area contributed by atoms with E-state index in [2.05, 4.69) is 0 Å². The smallest absolute Gasteiger partial charge is 0.241 e. The van der Waals surface area contributed by atoms with Crippen LogP contribution in [0.2, 0.25) is 0 Å². The molecule has 0 atom stereocenters. The fourth-order valence-corrected chi connectivity index (χ4v) is 4.97. The summed E-state index contributed by atoms with van der Waals surface area (Å²) in [6.45, 7) is 8.06. The first-order chi connectivity index (χ1) is 14.3. The van der Waals surface area contributed by atoms with Gasteiger partial charge in [0, 0.05) is 17.3 Å². The minimum atomic E-state index is -3.74. The lowest BCUT2D eigenvalue weighted by atomic mass is 10.00. The molecule has 0 amide bonds. The molecular weight excluding hydrogens is 390 g/mol. The van der Waals surface area contributed by atoms with Crippen molar-refractivity contribution in [1.82, 2.24) is 3.97 Å². The summed E-state index contributed by atoms with van der Waals surface area (Å²) in [4.78, 5) is 0.283. The number of hydrogen-bond donors (Lipinski definition) is 0. The summed E-state index contributed by atoms with van der Waals surface area (Å²) < 4.78 is 28.6. The second-order valence-corrected chi connectivity index (χ2v) is 9.66. The third kappa shape index (κ3) is 3.59. The molecule has 3 aromatic carbocycles. The number of aryl methyl sites for hydroxylation is 3. The molecule has 0 aliphatic carbocycles. The second kappa shape index (κ2) is 7.62. The van der Waals surface area contributed by atoms with Gasteiger partial charge >= 0.3 is 0 Å². The highest BCUT2D eigenvalue weighted by Gasteiger charge is 2.23. The summed E-state index contributed by atoms with van der Waals surface area (Å²) in [6.07, 6.45) is 1.73. The van der Waals surface area contributed by atoms with Gasteiger partial charge in [0.25, 0.3) is 10.0 Å². The molecule has 0 bridgehead atoms. The molecule has 30 heavy (non-hydrogen) atoms. The van der Waals surface area contributed by atoms with E-state index in [9.17, 15) is 8.42 Å². The van der Waals surface area contributed by atoms with Gasteiger partial charge in [0.1, 0.15) is 0 Å². The molecule has 3 nitrogen and oxygen atoms in total. The van der Waals surface area contributed by atoms with E-state index in [4.69, 9.17) is 0 Å². The molecule has 1 aromatic heterocycles. The lowest BCUT2D eigenvalue weighted by molar-refractivity contribution is 0.588.